The van der Waals surface area contributed by atoms with Crippen molar-refractivity contribution in [2.45, 2.75) is 32.2 Å². The Morgan fingerprint density at radius 2 is 2.04 bits per heavy atom. The summed E-state index contributed by atoms with van der Waals surface area (Å²) in [6.07, 6.45) is 3.40. The van der Waals surface area contributed by atoms with E-state index >= 15 is 0 Å². The van der Waals surface area contributed by atoms with Crippen LogP contribution in [0.4, 0.5) is 5.69 Å². The van der Waals surface area contributed by atoms with Crippen LogP contribution in [0, 0.1) is 17.8 Å². The van der Waals surface area contributed by atoms with E-state index in [1.165, 1.54) is 6.42 Å². The summed E-state index contributed by atoms with van der Waals surface area (Å²) in [4.78, 5) is 12.6. The molecule has 4 atom stereocenters. The number of carbonyl (C=O) groups excluding carboxylic acids is 1. The van der Waals surface area contributed by atoms with Gasteiger partial charge in [-0.05, 0) is 50.2 Å². The highest BCUT2D eigenvalue weighted by atomic mass is 35.5. The van der Waals surface area contributed by atoms with Gasteiger partial charge in [0.2, 0.25) is 5.91 Å². The van der Waals surface area contributed by atoms with Gasteiger partial charge in [-0.3, -0.25) is 4.79 Å². The van der Waals surface area contributed by atoms with Crippen molar-refractivity contribution in [3.63, 3.8) is 0 Å². The number of anilines is 1. The van der Waals surface area contributed by atoms with Gasteiger partial charge in [-0.2, -0.15) is 0 Å². The highest BCUT2D eigenvalue weighted by molar-refractivity contribution is 5.94. The Morgan fingerprint density at radius 3 is 2.65 bits per heavy atom. The van der Waals surface area contributed by atoms with Gasteiger partial charge in [0.1, 0.15) is 0 Å². The maximum atomic E-state index is 12.6. The molecule has 4 unspecified atom stereocenters. The van der Waals surface area contributed by atoms with E-state index in [1.807, 2.05) is 19.1 Å². The minimum Gasteiger partial charge on any atom is -0.493 e. The number of nitrogens with one attached hydrogen (secondary N) is 1. The van der Waals surface area contributed by atoms with Gasteiger partial charge < -0.3 is 20.5 Å². The Kier molecular flexibility index (Phi) is 5.76. The Morgan fingerprint density at radius 1 is 1.30 bits per heavy atom. The summed E-state index contributed by atoms with van der Waals surface area (Å²) in [5.74, 6) is 2.25. The molecule has 6 heteroatoms. The number of halogens is 1. The fourth-order valence-electron chi connectivity index (χ4n) is 3.97. The molecule has 0 heterocycles. The van der Waals surface area contributed by atoms with E-state index in [-0.39, 0.29) is 30.3 Å². The van der Waals surface area contributed by atoms with E-state index < -0.39 is 0 Å². The van der Waals surface area contributed by atoms with Crippen molar-refractivity contribution < 1.29 is 14.3 Å². The average Bonchev–Trinajstić information content (AvgIpc) is 3.09. The number of fused-ring (bicyclic) bond motifs is 2. The maximum absolute atomic E-state index is 12.6. The minimum atomic E-state index is -0.0590. The molecule has 128 valence electrons. The molecular formula is C17H25ClN2O3. The highest BCUT2D eigenvalue weighted by Gasteiger charge is 2.49. The molecule has 1 aromatic rings. The van der Waals surface area contributed by atoms with Crippen LogP contribution in [0.5, 0.6) is 11.5 Å². The van der Waals surface area contributed by atoms with E-state index in [0.29, 0.717) is 29.9 Å². The summed E-state index contributed by atoms with van der Waals surface area (Å²) in [5.41, 5.74) is 6.96. The lowest BCUT2D eigenvalue weighted by Gasteiger charge is -2.27. The third kappa shape index (κ3) is 3.40. The zero-order valence-electron chi connectivity index (χ0n) is 13.6. The van der Waals surface area contributed by atoms with Gasteiger partial charge in [-0.25, -0.2) is 0 Å². The van der Waals surface area contributed by atoms with E-state index in [0.717, 1.165) is 18.5 Å². The molecule has 0 spiro atoms. The molecule has 0 saturated heterocycles. The number of hydrogen-bond donors (Lipinski definition) is 2. The van der Waals surface area contributed by atoms with E-state index in [4.69, 9.17) is 15.2 Å². The van der Waals surface area contributed by atoms with Gasteiger partial charge in [0.15, 0.2) is 11.5 Å². The Hall–Kier alpha value is -1.46. The molecule has 0 aliphatic heterocycles. The predicted molar refractivity (Wildman–Crippen MR) is 92.3 cm³/mol. The minimum absolute atomic E-state index is 0. The van der Waals surface area contributed by atoms with Gasteiger partial charge in [0.25, 0.3) is 0 Å². The SMILES string of the molecule is CCOc1ccc(NC(=O)C2C3CCC(C3)C2N)cc1OC.Cl. The normalized spacial score (nSPS) is 28.1. The molecule has 2 aliphatic rings. The smallest absolute Gasteiger partial charge is 0.229 e. The first-order valence-corrected chi connectivity index (χ1v) is 8.01. The number of hydrogen-bond acceptors (Lipinski definition) is 4. The average molecular weight is 341 g/mol. The van der Waals surface area contributed by atoms with Crippen LogP contribution in [0.15, 0.2) is 18.2 Å². The van der Waals surface area contributed by atoms with Crippen molar-refractivity contribution >= 4 is 24.0 Å². The topological polar surface area (TPSA) is 73.6 Å². The number of benzene rings is 1. The number of methoxy groups -OCH3 is 1. The van der Waals surface area contributed by atoms with Crippen molar-refractivity contribution in [3.05, 3.63) is 18.2 Å². The standard InChI is InChI=1S/C17H24N2O3.ClH/c1-3-22-13-7-6-12(9-14(13)21-2)19-17(20)15-10-4-5-11(8-10)16(15)18;/h6-7,9-11,15-16H,3-5,8,18H2,1-2H3,(H,19,20);1H. The second-order valence-electron chi connectivity index (χ2n) is 6.22. The van der Waals surface area contributed by atoms with Crippen LogP contribution in [0.3, 0.4) is 0 Å². The van der Waals surface area contributed by atoms with Crippen LogP contribution >= 0.6 is 12.4 Å². The van der Waals surface area contributed by atoms with Gasteiger partial charge in [-0.15, -0.1) is 12.4 Å². The molecular weight excluding hydrogens is 316 g/mol. The number of nitrogens with two attached hydrogens (primary N) is 1. The third-order valence-corrected chi connectivity index (χ3v) is 5.01. The summed E-state index contributed by atoms with van der Waals surface area (Å²) >= 11 is 0. The highest BCUT2D eigenvalue weighted by Crippen LogP contribution is 2.48. The van der Waals surface area contributed by atoms with Crippen LogP contribution in [0.25, 0.3) is 0 Å². The summed E-state index contributed by atoms with van der Waals surface area (Å²) in [6, 6.07) is 5.45. The van der Waals surface area contributed by atoms with E-state index in [1.54, 1.807) is 13.2 Å². The molecule has 1 aromatic carbocycles. The van der Waals surface area contributed by atoms with Crippen LogP contribution < -0.4 is 20.5 Å². The zero-order valence-corrected chi connectivity index (χ0v) is 14.4. The quantitative estimate of drug-likeness (QED) is 0.864. The fourth-order valence-corrected chi connectivity index (χ4v) is 3.97. The lowest BCUT2D eigenvalue weighted by molar-refractivity contribution is -0.121. The largest absolute Gasteiger partial charge is 0.493 e. The summed E-state index contributed by atoms with van der Waals surface area (Å²) < 4.78 is 10.8. The molecule has 3 N–H and O–H groups in total. The van der Waals surface area contributed by atoms with E-state index in [2.05, 4.69) is 5.32 Å². The number of ether oxygens (including phenoxy) is 2. The Bertz CT molecular complexity index is 565. The Balaban J connectivity index is 0.00000192. The van der Waals surface area contributed by atoms with Gasteiger partial charge in [0.05, 0.1) is 19.6 Å². The van der Waals surface area contributed by atoms with Crippen molar-refractivity contribution in [2.75, 3.05) is 19.0 Å². The first-order chi connectivity index (χ1) is 10.6. The summed E-state index contributed by atoms with van der Waals surface area (Å²) in [5, 5.41) is 2.99. The fraction of sp³-hybridized carbons (Fsp3) is 0.588. The molecule has 2 bridgehead atoms. The first kappa shape index (κ1) is 17.9. The van der Waals surface area contributed by atoms with Crippen molar-refractivity contribution in [3.8, 4) is 11.5 Å². The number of amides is 1. The molecule has 0 aromatic heterocycles. The van der Waals surface area contributed by atoms with Gasteiger partial charge >= 0.3 is 0 Å². The molecule has 5 nitrogen and oxygen atoms in total. The maximum Gasteiger partial charge on any atom is 0.229 e. The van der Waals surface area contributed by atoms with Crippen molar-refractivity contribution in [1.82, 2.24) is 0 Å². The Labute approximate surface area is 143 Å². The summed E-state index contributed by atoms with van der Waals surface area (Å²) in [7, 11) is 1.59. The molecule has 2 saturated carbocycles. The predicted octanol–water partition coefficient (Wildman–Crippen LogP) is 2.83. The van der Waals surface area contributed by atoms with Crippen LogP contribution in [-0.4, -0.2) is 25.7 Å². The molecule has 3 rings (SSSR count). The number of rotatable bonds is 5. The zero-order chi connectivity index (χ0) is 15.7. The van der Waals surface area contributed by atoms with Crippen LogP contribution in [0.2, 0.25) is 0 Å². The van der Waals surface area contributed by atoms with Gasteiger partial charge in [-0.1, -0.05) is 0 Å². The lowest BCUT2D eigenvalue weighted by atomic mass is 9.84. The molecule has 2 aliphatic carbocycles. The van der Waals surface area contributed by atoms with Crippen molar-refractivity contribution in [1.29, 1.82) is 0 Å². The monoisotopic (exact) mass is 340 g/mol. The van der Waals surface area contributed by atoms with Crippen LogP contribution in [0.1, 0.15) is 26.2 Å². The summed E-state index contributed by atoms with van der Waals surface area (Å²) in [6.45, 7) is 2.49. The second kappa shape index (κ2) is 7.41. The van der Waals surface area contributed by atoms with E-state index in [9.17, 15) is 4.79 Å². The number of carbonyl (C=O) groups is 1. The third-order valence-electron chi connectivity index (χ3n) is 5.01. The van der Waals surface area contributed by atoms with Gasteiger partial charge in [0, 0.05) is 17.8 Å². The molecule has 2 fully saturated rings. The molecule has 1 amide bonds. The lowest BCUT2D eigenvalue weighted by Crippen LogP contribution is -2.42. The van der Waals surface area contributed by atoms with Crippen molar-refractivity contribution in [2.24, 2.45) is 23.5 Å². The molecule has 23 heavy (non-hydrogen) atoms. The first-order valence-electron chi connectivity index (χ1n) is 8.01. The second-order valence-corrected chi connectivity index (χ2v) is 6.22. The van der Waals surface area contributed by atoms with Crippen LogP contribution in [-0.2, 0) is 4.79 Å². The molecule has 0 radical (unpaired) electrons.